The van der Waals surface area contributed by atoms with E-state index in [9.17, 15) is 4.39 Å². The van der Waals surface area contributed by atoms with Crippen molar-refractivity contribution < 1.29 is 4.39 Å². The van der Waals surface area contributed by atoms with Gasteiger partial charge in [-0.3, -0.25) is 0 Å². The SMILES string of the molecule is Nc1ccnn1-c1ccc(F)c(Cl)c1. The number of benzene rings is 1. The maximum Gasteiger partial charge on any atom is 0.141 e. The Kier molecular flexibility index (Phi) is 2.13. The molecule has 0 fully saturated rings. The molecule has 72 valence electrons. The maximum absolute atomic E-state index is 12.8. The van der Waals surface area contributed by atoms with Crippen LogP contribution in [0.3, 0.4) is 0 Å². The van der Waals surface area contributed by atoms with Crippen LogP contribution in [-0.4, -0.2) is 9.78 Å². The van der Waals surface area contributed by atoms with Gasteiger partial charge >= 0.3 is 0 Å². The summed E-state index contributed by atoms with van der Waals surface area (Å²) in [7, 11) is 0. The molecule has 0 saturated carbocycles. The Balaban J connectivity index is 2.53. The molecule has 2 aromatic rings. The minimum absolute atomic E-state index is 0.0531. The van der Waals surface area contributed by atoms with Crippen LogP contribution >= 0.6 is 11.6 Å². The highest BCUT2D eigenvalue weighted by Gasteiger charge is 2.04. The summed E-state index contributed by atoms with van der Waals surface area (Å²) in [5.74, 6) is 0.0221. The second kappa shape index (κ2) is 3.31. The zero-order valence-corrected chi connectivity index (χ0v) is 7.87. The Hall–Kier alpha value is -1.55. The molecule has 0 atom stereocenters. The lowest BCUT2D eigenvalue weighted by Crippen LogP contribution is -2.01. The van der Waals surface area contributed by atoms with Gasteiger partial charge in [0.05, 0.1) is 16.9 Å². The summed E-state index contributed by atoms with van der Waals surface area (Å²) in [6, 6.07) is 5.96. The van der Waals surface area contributed by atoms with E-state index in [1.165, 1.54) is 16.8 Å². The lowest BCUT2D eigenvalue weighted by molar-refractivity contribution is 0.627. The summed E-state index contributed by atoms with van der Waals surface area (Å²) < 4.78 is 14.3. The van der Waals surface area contributed by atoms with Crippen molar-refractivity contribution in [3.63, 3.8) is 0 Å². The molecule has 0 spiro atoms. The fourth-order valence-electron chi connectivity index (χ4n) is 1.15. The van der Waals surface area contributed by atoms with Crippen molar-refractivity contribution in [3.05, 3.63) is 41.3 Å². The molecule has 0 bridgehead atoms. The molecule has 2 N–H and O–H groups in total. The molecule has 0 saturated heterocycles. The average molecular weight is 212 g/mol. The number of aromatic nitrogens is 2. The molecule has 0 aliphatic rings. The molecule has 0 aliphatic carbocycles. The van der Waals surface area contributed by atoms with Crippen molar-refractivity contribution in [2.24, 2.45) is 0 Å². The van der Waals surface area contributed by atoms with Crippen LogP contribution in [-0.2, 0) is 0 Å². The molecule has 0 radical (unpaired) electrons. The van der Waals surface area contributed by atoms with Gasteiger partial charge in [0, 0.05) is 6.07 Å². The highest BCUT2D eigenvalue weighted by Crippen LogP contribution is 2.19. The van der Waals surface area contributed by atoms with E-state index in [4.69, 9.17) is 17.3 Å². The summed E-state index contributed by atoms with van der Waals surface area (Å²) in [5, 5.41) is 4.02. The first-order valence-corrected chi connectivity index (χ1v) is 4.31. The molecule has 0 amide bonds. The van der Waals surface area contributed by atoms with Crippen LogP contribution < -0.4 is 5.73 Å². The number of anilines is 1. The molecule has 1 aromatic heterocycles. The summed E-state index contributed by atoms with van der Waals surface area (Å²) in [6.07, 6.45) is 1.56. The van der Waals surface area contributed by atoms with E-state index in [1.54, 1.807) is 18.3 Å². The minimum Gasteiger partial charge on any atom is -0.384 e. The van der Waals surface area contributed by atoms with Crippen molar-refractivity contribution in [2.75, 3.05) is 5.73 Å². The Morgan fingerprint density at radius 3 is 2.71 bits per heavy atom. The van der Waals surface area contributed by atoms with E-state index in [0.29, 0.717) is 11.5 Å². The Bertz CT molecular complexity index is 467. The number of hydrogen-bond donors (Lipinski definition) is 1. The normalized spacial score (nSPS) is 10.4. The molecular formula is C9H7ClFN3. The van der Waals surface area contributed by atoms with Gasteiger partial charge in [-0.1, -0.05) is 11.6 Å². The molecule has 1 heterocycles. The van der Waals surface area contributed by atoms with Gasteiger partial charge in [0.1, 0.15) is 11.6 Å². The average Bonchev–Trinajstić information content (AvgIpc) is 2.57. The van der Waals surface area contributed by atoms with E-state index in [2.05, 4.69) is 5.10 Å². The van der Waals surface area contributed by atoms with Crippen molar-refractivity contribution in [1.29, 1.82) is 0 Å². The third-order valence-electron chi connectivity index (χ3n) is 1.82. The van der Waals surface area contributed by atoms with Crippen LogP contribution in [0.5, 0.6) is 0 Å². The van der Waals surface area contributed by atoms with E-state index in [-0.39, 0.29) is 5.02 Å². The zero-order chi connectivity index (χ0) is 10.1. The highest BCUT2D eigenvalue weighted by atomic mass is 35.5. The highest BCUT2D eigenvalue weighted by molar-refractivity contribution is 6.30. The first-order valence-electron chi connectivity index (χ1n) is 3.93. The Labute approximate surface area is 84.9 Å². The number of nitrogens with zero attached hydrogens (tertiary/aromatic N) is 2. The fraction of sp³-hybridized carbons (Fsp3) is 0. The number of rotatable bonds is 1. The third-order valence-corrected chi connectivity index (χ3v) is 2.11. The number of nitrogens with two attached hydrogens (primary N) is 1. The van der Waals surface area contributed by atoms with Gasteiger partial charge in [0.2, 0.25) is 0 Å². The number of nitrogen functional groups attached to an aromatic ring is 1. The predicted molar refractivity (Wildman–Crippen MR) is 52.9 cm³/mol. The van der Waals surface area contributed by atoms with Gasteiger partial charge in [-0.25, -0.2) is 9.07 Å². The van der Waals surface area contributed by atoms with Crippen LogP contribution in [0.4, 0.5) is 10.2 Å². The summed E-state index contributed by atoms with van der Waals surface area (Å²) >= 11 is 5.63. The molecule has 3 nitrogen and oxygen atoms in total. The van der Waals surface area contributed by atoms with Gasteiger partial charge in [0.25, 0.3) is 0 Å². The van der Waals surface area contributed by atoms with E-state index in [1.807, 2.05) is 0 Å². The Morgan fingerprint density at radius 2 is 2.14 bits per heavy atom. The third kappa shape index (κ3) is 1.44. The van der Waals surface area contributed by atoms with E-state index < -0.39 is 5.82 Å². The van der Waals surface area contributed by atoms with Gasteiger partial charge in [-0.15, -0.1) is 0 Å². The quantitative estimate of drug-likeness (QED) is 0.786. The molecule has 1 aromatic carbocycles. The summed E-state index contributed by atoms with van der Waals surface area (Å²) in [4.78, 5) is 0. The second-order valence-corrected chi connectivity index (χ2v) is 3.17. The van der Waals surface area contributed by atoms with Gasteiger partial charge in [-0.05, 0) is 18.2 Å². The summed E-state index contributed by atoms with van der Waals surface area (Å²) in [6.45, 7) is 0. The first-order chi connectivity index (χ1) is 6.68. The van der Waals surface area contributed by atoms with Gasteiger partial charge < -0.3 is 5.73 Å². The standard InChI is InChI=1S/C9H7ClFN3/c10-7-5-6(1-2-8(7)11)14-9(12)3-4-13-14/h1-5H,12H2. The van der Waals surface area contributed by atoms with Crippen LogP contribution in [0.1, 0.15) is 0 Å². The van der Waals surface area contributed by atoms with Crippen LogP contribution in [0, 0.1) is 5.82 Å². The second-order valence-electron chi connectivity index (χ2n) is 2.77. The fourth-order valence-corrected chi connectivity index (χ4v) is 1.32. The van der Waals surface area contributed by atoms with Crippen molar-refractivity contribution in [2.45, 2.75) is 0 Å². The number of halogens is 2. The largest absolute Gasteiger partial charge is 0.384 e. The first kappa shape index (κ1) is 9.02. The van der Waals surface area contributed by atoms with Gasteiger partial charge in [0.15, 0.2) is 0 Å². The topological polar surface area (TPSA) is 43.8 Å². The monoisotopic (exact) mass is 211 g/mol. The lowest BCUT2D eigenvalue weighted by Gasteiger charge is -2.04. The molecule has 2 rings (SSSR count). The van der Waals surface area contributed by atoms with Crippen molar-refractivity contribution in [3.8, 4) is 5.69 Å². The van der Waals surface area contributed by atoms with Crippen LogP contribution in [0.25, 0.3) is 5.69 Å². The molecule has 14 heavy (non-hydrogen) atoms. The minimum atomic E-state index is -0.457. The Morgan fingerprint density at radius 1 is 1.36 bits per heavy atom. The van der Waals surface area contributed by atoms with Crippen molar-refractivity contribution >= 4 is 17.4 Å². The molecular weight excluding hydrogens is 205 g/mol. The van der Waals surface area contributed by atoms with Crippen molar-refractivity contribution in [1.82, 2.24) is 9.78 Å². The zero-order valence-electron chi connectivity index (χ0n) is 7.11. The van der Waals surface area contributed by atoms with Crippen LogP contribution in [0.15, 0.2) is 30.5 Å². The smallest absolute Gasteiger partial charge is 0.141 e. The maximum atomic E-state index is 12.8. The lowest BCUT2D eigenvalue weighted by atomic mass is 10.3. The predicted octanol–water partition coefficient (Wildman–Crippen LogP) is 2.25. The molecule has 0 unspecified atom stereocenters. The number of hydrogen-bond acceptors (Lipinski definition) is 2. The van der Waals surface area contributed by atoms with E-state index >= 15 is 0 Å². The molecule has 0 aliphatic heterocycles. The van der Waals surface area contributed by atoms with Crippen LogP contribution in [0.2, 0.25) is 5.02 Å². The van der Waals surface area contributed by atoms with Gasteiger partial charge in [-0.2, -0.15) is 5.10 Å². The summed E-state index contributed by atoms with van der Waals surface area (Å²) in [5.41, 5.74) is 6.26. The van der Waals surface area contributed by atoms with E-state index in [0.717, 1.165) is 0 Å². The molecule has 5 heteroatoms.